The Kier molecular flexibility index (Phi) is 6.31. The van der Waals surface area contributed by atoms with Gasteiger partial charge in [-0.1, -0.05) is 126 Å². The molecule has 1 aliphatic heterocycles. The minimum absolute atomic E-state index is 0.0620. The summed E-state index contributed by atoms with van der Waals surface area (Å²) in [4.78, 5) is 2.42. The van der Waals surface area contributed by atoms with Crippen molar-refractivity contribution in [2.75, 3.05) is 4.90 Å². The van der Waals surface area contributed by atoms with Gasteiger partial charge in [-0.2, -0.15) is 0 Å². The fraction of sp³-hybridized carbons (Fsp3) is 0.182. The van der Waals surface area contributed by atoms with Crippen molar-refractivity contribution in [1.29, 1.82) is 0 Å². The maximum atomic E-state index is 2.49. The Labute approximate surface area is 272 Å². The Hall–Kier alpha value is -5.08. The van der Waals surface area contributed by atoms with E-state index in [0.717, 1.165) is 11.4 Å². The van der Waals surface area contributed by atoms with Crippen molar-refractivity contribution in [3.63, 3.8) is 0 Å². The van der Waals surface area contributed by atoms with E-state index in [4.69, 9.17) is 0 Å². The van der Waals surface area contributed by atoms with Crippen molar-refractivity contribution in [3.8, 4) is 16.8 Å². The minimum Gasteiger partial charge on any atom is -0.310 e. The molecule has 0 amide bonds. The van der Waals surface area contributed by atoms with Crippen LogP contribution in [0.25, 0.3) is 38.6 Å². The number of fused-ring (bicyclic) bond motifs is 8. The molecule has 226 valence electrons. The van der Waals surface area contributed by atoms with Crippen LogP contribution in [0.4, 0.5) is 17.1 Å². The SMILES string of the molecule is CC.CC1(C)c2ccccc2-c2ccc(N(c3ccccc3)c3ccc4c(c3)c3cccc5c3n4-c3ccccc3C5(C)C)cc21. The first-order valence-electron chi connectivity index (χ1n) is 16.6. The third kappa shape index (κ3) is 3.83. The first-order valence-corrected chi connectivity index (χ1v) is 16.6. The lowest BCUT2D eigenvalue weighted by Crippen LogP contribution is -2.26. The first-order chi connectivity index (χ1) is 22.4. The van der Waals surface area contributed by atoms with E-state index in [9.17, 15) is 0 Å². The summed E-state index contributed by atoms with van der Waals surface area (Å²) < 4.78 is 2.49. The van der Waals surface area contributed by atoms with Crippen LogP contribution in [0.5, 0.6) is 0 Å². The van der Waals surface area contributed by atoms with Gasteiger partial charge in [-0.05, 0) is 81.9 Å². The fourth-order valence-corrected chi connectivity index (χ4v) is 8.15. The van der Waals surface area contributed by atoms with E-state index >= 15 is 0 Å². The standard InChI is InChI=1S/C42H34N2.C2H6/c1-41(2)34-17-9-8-15-30(34)31-23-21-29(26-37(31)41)43(27-13-6-5-7-14-27)28-22-24-38-33(25-28)32-16-12-19-36-40(32)44(38)39-20-11-10-18-35(39)42(36,3)4;1-2/h5-26H,1-4H3;1-2H3. The van der Waals surface area contributed by atoms with Crippen LogP contribution in [0.2, 0.25) is 0 Å². The van der Waals surface area contributed by atoms with E-state index in [-0.39, 0.29) is 10.8 Å². The fourth-order valence-electron chi connectivity index (χ4n) is 8.15. The molecule has 0 atom stereocenters. The normalized spacial score (nSPS) is 14.7. The van der Waals surface area contributed by atoms with Gasteiger partial charge < -0.3 is 9.47 Å². The van der Waals surface area contributed by atoms with Gasteiger partial charge in [0, 0.05) is 38.7 Å². The molecule has 0 spiro atoms. The van der Waals surface area contributed by atoms with Crippen LogP contribution in [-0.2, 0) is 10.8 Å². The maximum absolute atomic E-state index is 2.49. The van der Waals surface area contributed by atoms with Crippen molar-refractivity contribution in [2.24, 2.45) is 0 Å². The van der Waals surface area contributed by atoms with Gasteiger partial charge in [0.2, 0.25) is 0 Å². The molecule has 46 heavy (non-hydrogen) atoms. The average molecular weight is 597 g/mol. The van der Waals surface area contributed by atoms with Gasteiger partial charge in [0.05, 0.1) is 16.7 Å². The zero-order valence-electron chi connectivity index (χ0n) is 27.6. The molecular formula is C44H40N2. The Balaban J connectivity index is 0.00000153. The summed E-state index contributed by atoms with van der Waals surface area (Å²) in [6.07, 6.45) is 0. The number of anilines is 3. The second-order valence-electron chi connectivity index (χ2n) is 13.5. The smallest absolute Gasteiger partial charge is 0.0582 e. The summed E-state index contributed by atoms with van der Waals surface area (Å²) in [6.45, 7) is 13.4. The number of hydrogen-bond acceptors (Lipinski definition) is 1. The first kappa shape index (κ1) is 28.4. The molecule has 1 aliphatic carbocycles. The summed E-state index contributed by atoms with van der Waals surface area (Å²) in [5.41, 5.74) is 15.4. The Morgan fingerprint density at radius 3 is 1.87 bits per heavy atom. The molecule has 7 aromatic rings. The summed E-state index contributed by atoms with van der Waals surface area (Å²) in [7, 11) is 0. The molecule has 2 heteroatoms. The molecule has 6 aromatic carbocycles. The van der Waals surface area contributed by atoms with Crippen LogP contribution < -0.4 is 4.90 Å². The van der Waals surface area contributed by atoms with Crippen molar-refractivity contribution < 1.29 is 0 Å². The Bertz CT molecular complexity index is 2280. The molecule has 0 radical (unpaired) electrons. The van der Waals surface area contributed by atoms with Gasteiger partial charge in [-0.15, -0.1) is 0 Å². The average Bonchev–Trinajstić information content (AvgIpc) is 3.54. The highest BCUT2D eigenvalue weighted by molar-refractivity contribution is 6.12. The highest BCUT2D eigenvalue weighted by Crippen LogP contribution is 2.52. The van der Waals surface area contributed by atoms with Crippen molar-refractivity contribution in [1.82, 2.24) is 4.57 Å². The van der Waals surface area contributed by atoms with Gasteiger partial charge >= 0.3 is 0 Å². The van der Waals surface area contributed by atoms with E-state index in [2.05, 4.69) is 171 Å². The third-order valence-corrected chi connectivity index (χ3v) is 10.4. The maximum Gasteiger partial charge on any atom is 0.0582 e. The zero-order chi connectivity index (χ0) is 31.8. The summed E-state index contributed by atoms with van der Waals surface area (Å²) in [5, 5.41) is 2.59. The number of aromatic nitrogens is 1. The van der Waals surface area contributed by atoms with E-state index in [1.165, 1.54) is 66.6 Å². The number of rotatable bonds is 3. The molecule has 2 nitrogen and oxygen atoms in total. The van der Waals surface area contributed by atoms with Gasteiger partial charge in [0.1, 0.15) is 0 Å². The molecule has 0 fully saturated rings. The lowest BCUT2D eigenvalue weighted by molar-refractivity contribution is 0.630. The topological polar surface area (TPSA) is 8.17 Å². The van der Waals surface area contributed by atoms with Crippen LogP contribution in [0.15, 0.2) is 133 Å². The predicted molar refractivity (Wildman–Crippen MR) is 197 cm³/mol. The number of para-hydroxylation sites is 3. The van der Waals surface area contributed by atoms with Crippen LogP contribution in [0, 0.1) is 0 Å². The van der Waals surface area contributed by atoms with Crippen LogP contribution in [0.1, 0.15) is 63.8 Å². The second kappa shape index (κ2) is 10.2. The third-order valence-electron chi connectivity index (χ3n) is 10.4. The largest absolute Gasteiger partial charge is 0.310 e. The van der Waals surface area contributed by atoms with Crippen LogP contribution >= 0.6 is 0 Å². The second-order valence-corrected chi connectivity index (χ2v) is 13.5. The van der Waals surface area contributed by atoms with Crippen LogP contribution in [-0.4, -0.2) is 4.57 Å². The lowest BCUT2D eigenvalue weighted by Gasteiger charge is -2.34. The Morgan fingerprint density at radius 1 is 0.457 bits per heavy atom. The van der Waals surface area contributed by atoms with E-state index in [1.807, 2.05) is 13.8 Å². The summed E-state index contributed by atoms with van der Waals surface area (Å²) in [6, 6.07) is 49.5. The minimum atomic E-state index is -0.0752. The van der Waals surface area contributed by atoms with E-state index < -0.39 is 0 Å². The van der Waals surface area contributed by atoms with Crippen molar-refractivity contribution in [3.05, 3.63) is 156 Å². The molecule has 0 bridgehead atoms. The van der Waals surface area contributed by atoms with Gasteiger partial charge in [0.25, 0.3) is 0 Å². The molecule has 0 saturated heterocycles. The number of benzene rings is 6. The lowest BCUT2D eigenvalue weighted by atomic mass is 9.75. The van der Waals surface area contributed by atoms with E-state index in [0.29, 0.717) is 0 Å². The van der Waals surface area contributed by atoms with Gasteiger partial charge in [-0.3, -0.25) is 0 Å². The summed E-state index contributed by atoms with van der Waals surface area (Å²) in [5.74, 6) is 0. The zero-order valence-corrected chi connectivity index (χ0v) is 27.6. The van der Waals surface area contributed by atoms with Crippen LogP contribution in [0.3, 0.4) is 0 Å². The Morgan fingerprint density at radius 2 is 1.07 bits per heavy atom. The molecule has 9 rings (SSSR count). The number of nitrogens with zero attached hydrogens (tertiary/aromatic N) is 2. The molecule has 1 aromatic heterocycles. The molecule has 2 aliphatic rings. The molecule has 0 saturated carbocycles. The molecule has 0 unspecified atom stereocenters. The molecule has 0 N–H and O–H groups in total. The monoisotopic (exact) mass is 596 g/mol. The highest BCUT2D eigenvalue weighted by Gasteiger charge is 2.37. The van der Waals surface area contributed by atoms with Crippen molar-refractivity contribution >= 4 is 38.9 Å². The van der Waals surface area contributed by atoms with Gasteiger partial charge in [0.15, 0.2) is 0 Å². The highest BCUT2D eigenvalue weighted by atomic mass is 15.1. The number of hydrogen-bond donors (Lipinski definition) is 0. The molecular weight excluding hydrogens is 556 g/mol. The molecule has 2 heterocycles. The van der Waals surface area contributed by atoms with Crippen molar-refractivity contribution in [2.45, 2.75) is 52.4 Å². The summed E-state index contributed by atoms with van der Waals surface area (Å²) >= 11 is 0. The quantitative estimate of drug-likeness (QED) is 0.197. The van der Waals surface area contributed by atoms with Gasteiger partial charge in [-0.25, -0.2) is 0 Å². The predicted octanol–water partition coefficient (Wildman–Crippen LogP) is 12.2. The van der Waals surface area contributed by atoms with E-state index in [1.54, 1.807) is 0 Å².